The van der Waals surface area contributed by atoms with Gasteiger partial charge in [0.25, 0.3) is 0 Å². The standard InChI is InChI=1S/C10H7NO2.BrH/c12-10(13)8-4-3-7-11-6-2-1-5-9(8)11;/h1-7H;1H. The van der Waals surface area contributed by atoms with Crippen molar-refractivity contribution in [2.75, 3.05) is 0 Å². The molecule has 14 heavy (non-hydrogen) atoms. The van der Waals surface area contributed by atoms with Gasteiger partial charge >= 0.3 is 5.97 Å². The van der Waals surface area contributed by atoms with Crippen molar-refractivity contribution < 1.29 is 31.3 Å². The molecule has 3 nitrogen and oxygen atoms in total. The summed E-state index contributed by atoms with van der Waals surface area (Å²) in [6, 6.07) is 8.78. The van der Waals surface area contributed by atoms with E-state index in [-0.39, 0.29) is 17.0 Å². The number of carboxylic acid groups (broad SMARTS) is 1. The highest BCUT2D eigenvalue weighted by atomic mass is 79.9. The molecular formula is C10H8BrNO2. The molecule has 0 aromatic carbocycles. The van der Waals surface area contributed by atoms with Crippen molar-refractivity contribution in [2.24, 2.45) is 0 Å². The molecule has 0 aliphatic heterocycles. The predicted octanol–water partition coefficient (Wildman–Crippen LogP) is -1.87. The number of pyridine rings is 2. The van der Waals surface area contributed by atoms with E-state index < -0.39 is 5.97 Å². The highest BCUT2D eigenvalue weighted by Crippen LogP contribution is 2.04. The maximum absolute atomic E-state index is 10.8. The smallest absolute Gasteiger partial charge is 0.342 e. The summed E-state index contributed by atoms with van der Waals surface area (Å²) in [6.07, 6.45) is 3.64. The van der Waals surface area contributed by atoms with E-state index >= 15 is 0 Å². The second-order valence-corrected chi connectivity index (χ2v) is 2.72. The molecule has 0 aliphatic rings. The first-order chi connectivity index (χ1) is 6.29. The number of rotatable bonds is 1. The minimum absolute atomic E-state index is 0. The lowest BCUT2D eigenvalue weighted by Gasteiger charge is -1.93. The van der Waals surface area contributed by atoms with Crippen molar-refractivity contribution in [3.05, 3.63) is 48.3 Å². The van der Waals surface area contributed by atoms with Crippen LogP contribution in [0.1, 0.15) is 10.4 Å². The van der Waals surface area contributed by atoms with Gasteiger partial charge in [-0.2, -0.15) is 4.40 Å². The van der Waals surface area contributed by atoms with Gasteiger partial charge in [0, 0.05) is 18.2 Å². The third kappa shape index (κ3) is 1.75. The third-order valence-electron chi connectivity index (χ3n) is 1.91. The van der Waals surface area contributed by atoms with Crippen LogP contribution in [0.3, 0.4) is 0 Å². The molecule has 0 unspecified atom stereocenters. The molecule has 2 aromatic rings. The zero-order valence-corrected chi connectivity index (χ0v) is 8.81. The summed E-state index contributed by atoms with van der Waals surface area (Å²) in [4.78, 5) is 10.8. The second kappa shape index (κ2) is 4.19. The van der Waals surface area contributed by atoms with Crippen LogP contribution in [0.2, 0.25) is 0 Å². The number of hydrogen-bond acceptors (Lipinski definition) is 1. The first-order valence-corrected chi connectivity index (χ1v) is 3.91. The first kappa shape index (κ1) is 10.7. The highest BCUT2D eigenvalue weighted by molar-refractivity contribution is 5.94. The van der Waals surface area contributed by atoms with E-state index in [1.165, 1.54) is 0 Å². The molecule has 1 N–H and O–H groups in total. The summed E-state index contributed by atoms with van der Waals surface area (Å²) in [5, 5.41) is 8.87. The average Bonchev–Trinajstić information content (AvgIpc) is 2.17. The van der Waals surface area contributed by atoms with E-state index in [0.29, 0.717) is 11.1 Å². The molecule has 0 atom stereocenters. The van der Waals surface area contributed by atoms with E-state index in [9.17, 15) is 4.79 Å². The van der Waals surface area contributed by atoms with E-state index in [1.807, 2.05) is 24.5 Å². The lowest BCUT2D eigenvalue weighted by Crippen LogP contribution is -3.00. The Morgan fingerprint density at radius 2 is 1.86 bits per heavy atom. The number of hydrogen-bond donors (Lipinski definition) is 1. The molecule has 0 saturated heterocycles. The Morgan fingerprint density at radius 1 is 1.14 bits per heavy atom. The highest BCUT2D eigenvalue weighted by Gasteiger charge is 2.12. The van der Waals surface area contributed by atoms with Gasteiger partial charge in [-0.05, 0) is 12.1 Å². The predicted molar refractivity (Wildman–Crippen MR) is 46.6 cm³/mol. The Morgan fingerprint density at radius 3 is 2.57 bits per heavy atom. The molecule has 0 amide bonds. The number of fused-ring (bicyclic) bond motifs is 1. The minimum Gasteiger partial charge on any atom is -1.00 e. The largest absolute Gasteiger partial charge is 1.00 e. The monoisotopic (exact) mass is 253 g/mol. The first-order valence-electron chi connectivity index (χ1n) is 3.91. The summed E-state index contributed by atoms with van der Waals surface area (Å²) < 4.78 is 1.78. The molecule has 0 spiro atoms. The number of aromatic nitrogens is 1. The molecular weight excluding hydrogens is 246 g/mol. The van der Waals surface area contributed by atoms with E-state index in [2.05, 4.69) is 0 Å². The van der Waals surface area contributed by atoms with Gasteiger partial charge in [-0.25, -0.2) is 4.79 Å². The molecule has 2 aromatic heterocycles. The molecule has 0 aliphatic carbocycles. The van der Waals surface area contributed by atoms with Crippen LogP contribution in [0.15, 0.2) is 42.7 Å². The second-order valence-electron chi connectivity index (χ2n) is 2.72. The number of carboxylic acids is 1. The normalized spacial score (nSPS) is 9.43. The van der Waals surface area contributed by atoms with Crippen LogP contribution >= 0.6 is 0 Å². The van der Waals surface area contributed by atoms with Crippen LogP contribution < -0.4 is 21.4 Å². The van der Waals surface area contributed by atoms with Crippen molar-refractivity contribution in [2.45, 2.75) is 0 Å². The zero-order valence-electron chi connectivity index (χ0n) is 7.22. The number of halogens is 1. The lowest BCUT2D eigenvalue weighted by atomic mass is 10.2. The van der Waals surface area contributed by atoms with Gasteiger partial charge in [0.1, 0.15) is 5.56 Å². The molecule has 0 saturated carbocycles. The van der Waals surface area contributed by atoms with Gasteiger partial charge in [-0.3, -0.25) is 0 Å². The molecule has 2 heterocycles. The van der Waals surface area contributed by atoms with Crippen molar-refractivity contribution in [1.29, 1.82) is 0 Å². The number of aromatic carboxylic acids is 1. The van der Waals surface area contributed by atoms with Gasteiger partial charge in [-0.15, -0.1) is 0 Å². The third-order valence-corrected chi connectivity index (χ3v) is 1.91. The molecule has 0 radical (unpaired) electrons. The molecule has 2 rings (SSSR count). The van der Waals surface area contributed by atoms with Gasteiger partial charge in [0.15, 0.2) is 12.4 Å². The Kier molecular flexibility index (Phi) is 3.19. The van der Waals surface area contributed by atoms with Gasteiger partial charge in [0.05, 0.1) is 0 Å². The van der Waals surface area contributed by atoms with Crippen molar-refractivity contribution >= 4 is 11.5 Å². The van der Waals surface area contributed by atoms with Crippen molar-refractivity contribution in [3.8, 4) is 0 Å². The summed E-state index contributed by atoms with van der Waals surface area (Å²) >= 11 is 0. The molecule has 4 heteroatoms. The lowest BCUT2D eigenvalue weighted by molar-refractivity contribution is -0.512. The van der Waals surface area contributed by atoms with Crippen LogP contribution in [-0.4, -0.2) is 11.1 Å². The summed E-state index contributed by atoms with van der Waals surface area (Å²) in [5.41, 5.74) is 1.03. The van der Waals surface area contributed by atoms with Crippen molar-refractivity contribution in [3.63, 3.8) is 0 Å². The Hall–Kier alpha value is -1.42. The number of nitrogens with zero attached hydrogens (tertiary/aromatic N) is 1. The maximum Gasteiger partial charge on any atom is 0.342 e. The van der Waals surface area contributed by atoms with Gasteiger partial charge < -0.3 is 22.1 Å². The number of carbonyl (C=O) groups is 1. The van der Waals surface area contributed by atoms with Crippen LogP contribution in [0.4, 0.5) is 0 Å². The topological polar surface area (TPSA) is 41.4 Å². The Labute approximate surface area is 91.4 Å². The maximum atomic E-state index is 10.8. The average molecular weight is 254 g/mol. The fourth-order valence-corrected chi connectivity index (χ4v) is 1.31. The summed E-state index contributed by atoms with van der Waals surface area (Å²) in [7, 11) is 0. The quantitative estimate of drug-likeness (QED) is 0.606. The molecule has 0 fully saturated rings. The van der Waals surface area contributed by atoms with Crippen molar-refractivity contribution in [1.82, 2.24) is 0 Å². The SMILES string of the molecule is O=C(O)c1ccc[n+]2ccccc12.[Br-]. The van der Waals surface area contributed by atoms with Crippen LogP contribution in [0.5, 0.6) is 0 Å². The van der Waals surface area contributed by atoms with Gasteiger partial charge in [-0.1, -0.05) is 0 Å². The van der Waals surface area contributed by atoms with Crippen LogP contribution in [0, 0.1) is 0 Å². The van der Waals surface area contributed by atoms with E-state index in [1.54, 1.807) is 22.6 Å². The van der Waals surface area contributed by atoms with Crippen LogP contribution in [-0.2, 0) is 0 Å². The van der Waals surface area contributed by atoms with E-state index in [4.69, 9.17) is 5.11 Å². The van der Waals surface area contributed by atoms with Gasteiger partial charge in [0.2, 0.25) is 5.52 Å². The zero-order chi connectivity index (χ0) is 9.26. The summed E-state index contributed by atoms with van der Waals surface area (Å²) in [6.45, 7) is 0. The fourth-order valence-electron chi connectivity index (χ4n) is 1.31. The Balaban J connectivity index is 0.000000980. The fraction of sp³-hybridized carbons (Fsp3) is 0. The summed E-state index contributed by atoms with van der Waals surface area (Å²) in [5.74, 6) is -0.899. The minimum atomic E-state index is -0.899. The van der Waals surface area contributed by atoms with E-state index in [0.717, 1.165) is 0 Å². The Bertz CT molecular complexity index is 465. The molecule has 72 valence electrons. The van der Waals surface area contributed by atoms with Crippen LogP contribution in [0.25, 0.3) is 5.52 Å². The molecule has 0 bridgehead atoms.